The summed E-state index contributed by atoms with van der Waals surface area (Å²) in [5.74, 6) is 0.632. The lowest BCUT2D eigenvalue weighted by atomic mass is 10.0. The molecule has 2 N–H and O–H groups in total. The third kappa shape index (κ3) is 2.99. The van der Waals surface area contributed by atoms with Crippen molar-refractivity contribution < 1.29 is 4.42 Å². The molecule has 0 aliphatic carbocycles. The van der Waals surface area contributed by atoms with Crippen molar-refractivity contribution in [2.24, 2.45) is 11.7 Å². The minimum absolute atomic E-state index is 0.232. The van der Waals surface area contributed by atoms with Crippen molar-refractivity contribution in [2.45, 2.75) is 26.8 Å². The summed E-state index contributed by atoms with van der Waals surface area (Å²) in [7, 11) is 0. The highest BCUT2D eigenvalue weighted by Gasteiger charge is 2.22. The maximum absolute atomic E-state index is 6.02. The van der Waals surface area contributed by atoms with Gasteiger partial charge in [-0.3, -0.25) is 4.90 Å². The Morgan fingerprint density at radius 2 is 2.00 bits per heavy atom. The summed E-state index contributed by atoms with van der Waals surface area (Å²) < 4.78 is 5.65. The summed E-state index contributed by atoms with van der Waals surface area (Å²) in [6.45, 7) is 9.34. The highest BCUT2D eigenvalue weighted by atomic mass is 16.3. The monoisotopic (exact) mass is 260 g/mol. The van der Waals surface area contributed by atoms with Gasteiger partial charge in [-0.2, -0.15) is 0 Å². The molecule has 1 aromatic carbocycles. The van der Waals surface area contributed by atoms with Crippen LogP contribution in [0.2, 0.25) is 0 Å². The molecule has 0 aliphatic rings. The van der Waals surface area contributed by atoms with Crippen LogP contribution in [0.15, 0.2) is 34.9 Å². The Bertz CT molecular complexity index is 518. The van der Waals surface area contributed by atoms with Crippen LogP contribution in [0, 0.1) is 5.92 Å². The number of hydrogen-bond donors (Lipinski definition) is 1. The first-order valence-electron chi connectivity index (χ1n) is 7.07. The second kappa shape index (κ2) is 6.22. The van der Waals surface area contributed by atoms with E-state index in [2.05, 4.69) is 31.7 Å². The molecule has 0 saturated heterocycles. The van der Waals surface area contributed by atoms with Crippen molar-refractivity contribution in [3.63, 3.8) is 0 Å². The predicted octanol–water partition coefficient (Wildman–Crippen LogP) is 3.41. The van der Waals surface area contributed by atoms with Gasteiger partial charge in [0.1, 0.15) is 5.58 Å². The third-order valence-electron chi connectivity index (χ3n) is 3.54. The minimum Gasteiger partial charge on any atom is -0.464 e. The van der Waals surface area contributed by atoms with Crippen LogP contribution in [-0.4, -0.2) is 24.5 Å². The lowest BCUT2D eigenvalue weighted by molar-refractivity contribution is 0.189. The van der Waals surface area contributed by atoms with E-state index in [0.29, 0.717) is 12.5 Å². The van der Waals surface area contributed by atoms with Crippen LogP contribution >= 0.6 is 0 Å². The molecule has 3 heteroatoms. The molecule has 2 aromatic rings. The van der Waals surface area contributed by atoms with E-state index in [4.69, 9.17) is 10.2 Å². The lowest BCUT2D eigenvalue weighted by Crippen LogP contribution is -2.36. The van der Waals surface area contributed by atoms with Gasteiger partial charge in [-0.1, -0.05) is 39.0 Å². The van der Waals surface area contributed by atoms with E-state index in [1.807, 2.05) is 24.5 Å². The van der Waals surface area contributed by atoms with E-state index in [-0.39, 0.29) is 6.04 Å². The van der Waals surface area contributed by atoms with Gasteiger partial charge in [0.2, 0.25) is 0 Å². The van der Waals surface area contributed by atoms with Gasteiger partial charge in [-0.25, -0.2) is 0 Å². The Morgan fingerprint density at radius 1 is 1.26 bits per heavy atom. The molecule has 104 valence electrons. The third-order valence-corrected chi connectivity index (χ3v) is 3.54. The summed E-state index contributed by atoms with van der Waals surface area (Å²) in [4.78, 5) is 2.43. The van der Waals surface area contributed by atoms with Crippen LogP contribution in [0.5, 0.6) is 0 Å². The second-order valence-corrected chi connectivity index (χ2v) is 5.42. The van der Waals surface area contributed by atoms with Gasteiger partial charge in [0.05, 0.1) is 12.3 Å². The Labute approximate surface area is 115 Å². The smallest absolute Gasteiger partial charge is 0.134 e. The largest absolute Gasteiger partial charge is 0.464 e. The highest BCUT2D eigenvalue weighted by molar-refractivity contribution is 5.81. The Hall–Kier alpha value is -1.32. The predicted molar refractivity (Wildman–Crippen MR) is 80.1 cm³/mol. The number of nitrogens with two attached hydrogens (primary N) is 1. The van der Waals surface area contributed by atoms with Gasteiger partial charge in [0.25, 0.3) is 0 Å². The fourth-order valence-corrected chi connectivity index (χ4v) is 2.67. The standard InChI is InChI=1S/C16H24N2O/c1-4-18(10-12(2)3)15(9-17)14-11-19-16-8-6-5-7-13(14)16/h5-8,11-12,15H,4,9-10,17H2,1-3H3. The van der Waals surface area contributed by atoms with E-state index in [1.165, 1.54) is 10.9 Å². The summed E-state index contributed by atoms with van der Waals surface area (Å²) in [6, 6.07) is 8.40. The first kappa shape index (κ1) is 14.1. The Morgan fingerprint density at radius 3 is 2.63 bits per heavy atom. The molecule has 19 heavy (non-hydrogen) atoms. The molecule has 2 rings (SSSR count). The SMILES string of the molecule is CCN(CC(C)C)C(CN)c1coc2ccccc12. The average Bonchev–Trinajstić information content (AvgIpc) is 2.82. The zero-order valence-corrected chi connectivity index (χ0v) is 12.1. The molecule has 0 saturated carbocycles. The van der Waals surface area contributed by atoms with Gasteiger partial charge in [0.15, 0.2) is 0 Å². The van der Waals surface area contributed by atoms with Crippen LogP contribution in [-0.2, 0) is 0 Å². The summed E-state index contributed by atoms with van der Waals surface area (Å²) in [5.41, 5.74) is 8.17. The van der Waals surface area contributed by atoms with Crippen LogP contribution in [0.1, 0.15) is 32.4 Å². The number of rotatable bonds is 6. The molecule has 1 aromatic heterocycles. The van der Waals surface area contributed by atoms with Crippen LogP contribution in [0.4, 0.5) is 0 Å². The topological polar surface area (TPSA) is 42.4 Å². The molecule has 1 heterocycles. The van der Waals surface area contributed by atoms with E-state index >= 15 is 0 Å². The van der Waals surface area contributed by atoms with Gasteiger partial charge in [0, 0.05) is 24.0 Å². The maximum atomic E-state index is 6.02. The molecule has 0 amide bonds. The van der Waals surface area contributed by atoms with E-state index in [1.54, 1.807) is 0 Å². The first-order chi connectivity index (χ1) is 9.17. The van der Waals surface area contributed by atoms with Gasteiger partial charge < -0.3 is 10.2 Å². The number of para-hydroxylation sites is 1. The molecule has 1 unspecified atom stereocenters. The lowest BCUT2D eigenvalue weighted by Gasteiger charge is -2.30. The average molecular weight is 260 g/mol. The van der Waals surface area contributed by atoms with Gasteiger partial charge in [-0.05, 0) is 18.5 Å². The number of hydrogen-bond acceptors (Lipinski definition) is 3. The molecule has 0 fully saturated rings. The van der Waals surface area contributed by atoms with E-state index in [0.717, 1.165) is 18.7 Å². The summed E-state index contributed by atoms with van der Waals surface area (Å²) in [6.07, 6.45) is 1.87. The Balaban J connectivity index is 2.35. The molecule has 0 spiro atoms. The van der Waals surface area contributed by atoms with E-state index in [9.17, 15) is 0 Å². The van der Waals surface area contributed by atoms with Crippen molar-refractivity contribution in [2.75, 3.05) is 19.6 Å². The van der Waals surface area contributed by atoms with Crippen molar-refractivity contribution >= 4 is 11.0 Å². The molecule has 0 bridgehead atoms. The van der Waals surface area contributed by atoms with Crippen molar-refractivity contribution in [3.05, 3.63) is 36.1 Å². The number of nitrogens with zero attached hydrogens (tertiary/aromatic N) is 1. The zero-order chi connectivity index (χ0) is 13.8. The van der Waals surface area contributed by atoms with Gasteiger partial charge >= 0.3 is 0 Å². The minimum atomic E-state index is 0.232. The fourth-order valence-electron chi connectivity index (χ4n) is 2.67. The van der Waals surface area contributed by atoms with Crippen molar-refractivity contribution in [3.8, 4) is 0 Å². The number of furan rings is 1. The fraction of sp³-hybridized carbons (Fsp3) is 0.500. The molecule has 1 atom stereocenters. The molecule has 3 nitrogen and oxygen atoms in total. The molecule has 0 radical (unpaired) electrons. The Kier molecular flexibility index (Phi) is 4.61. The number of likely N-dealkylation sites (N-methyl/N-ethyl adjacent to an activating group) is 1. The normalized spacial score (nSPS) is 13.6. The van der Waals surface area contributed by atoms with Crippen LogP contribution in [0.25, 0.3) is 11.0 Å². The van der Waals surface area contributed by atoms with Crippen LogP contribution in [0.3, 0.4) is 0 Å². The summed E-state index contributed by atoms with van der Waals surface area (Å²) >= 11 is 0. The molecular weight excluding hydrogens is 236 g/mol. The van der Waals surface area contributed by atoms with Crippen molar-refractivity contribution in [1.82, 2.24) is 4.90 Å². The summed E-state index contributed by atoms with van der Waals surface area (Å²) in [5, 5.41) is 1.18. The first-order valence-corrected chi connectivity index (χ1v) is 7.07. The van der Waals surface area contributed by atoms with Crippen LogP contribution < -0.4 is 5.73 Å². The quantitative estimate of drug-likeness (QED) is 0.865. The number of fused-ring (bicyclic) bond motifs is 1. The molecular formula is C16H24N2O. The second-order valence-electron chi connectivity index (χ2n) is 5.42. The molecule has 0 aliphatic heterocycles. The van der Waals surface area contributed by atoms with Gasteiger partial charge in [-0.15, -0.1) is 0 Å². The highest BCUT2D eigenvalue weighted by Crippen LogP contribution is 2.29. The maximum Gasteiger partial charge on any atom is 0.134 e. The zero-order valence-electron chi connectivity index (χ0n) is 12.1. The van der Waals surface area contributed by atoms with Crippen molar-refractivity contribution in [1.29, 1.82) is 0 Å². The number of benzene rings is 1. The van der Waals surface area contributed by atoms with E-state index < -0.39 is 0 Å².